The molecule has 1 aliphatic rings. The van der Waals surface area contributed by atoms with Gasteiger partial charge in [-0.2, -0.15) is 5.10 Å². The Morgan fingerprint density at radius 1 is 1.14 bits per heavy atom. The molecule has 112 valence electrons. The van der Waals surface area contributed by atoms with Gasteiger partial charge in [-0.3, -0.25) is 0 Å². The average molecular weight is 284 g/mol. The van der Waals surface area contributed by atoms with E-state index in [0.717, 1.165) is 43.0 Å². The molecule has 1 fully saturated rings. The van der Waals surface area contributed by atoms with Crippen LogP contribution in [0.15, 0.2) is 42.6 Å². The molecule has 0 atom stereocenters. The molecular formula is C18H24N2O. The van der Waals surface area contributed by atoms with E-state index in [-0.39, 0.29) is 0 Å². The first-order valence-electron chi connectivity index (χ1n) is 7.92. The van der Waals surface area contributed by atoms with Crippen LogP contribution in [0.5, 0.6) is 0 Å². The van der Waals surface area contributed by atoms with Crippen molar-refractivity contribution in [1.82, 2.24) is 9.78 Å². The minimum Gasteiger partial charge on any atom is -0.384 e. The summed E-state index contributed by atoms with van der Waals surface area (Å²) in [7, 11) is 0. The second-order valence-electron chi connectivity index (χ2n) is 6.58. The summed E-state index contributed by atoms with van der Waals surface area (Å²) in [6, 6.07) is 12.0. The SMILES string of the molecule is CC(C)C1CCC(O)(c2ccnn2-c2ccccc2)CC1. The quantitative estimate of drug-likeness (QED) is 0.928. The largest absolute Gasteiger partial charge is 0.384 e. The fourth-order valence-electron chi connectivity index (χ4n) is 3.47. The molecule has 1 aliphatic carbocycles. The Hall–Kier alpha value is -1.61. The maximum Gasteiger partial charge on any atom is 0.107 e. The predicted octanol–water partition coefficient (Wildman–Crippen LogP) is 3.91. The minimum absolute atomic E-state index is 0.702. The highest BCUT2D eigenvalue weighted by atomic mass is 16.3. The van der Waals surface area contributed by atoms with Crippen molar-refractivity contribution < 1.29 is 5.11 Å². The van der Waals surface area contributed by atoms with Crippen LogP contribution >= 0.6 is 0 Å². The summed E-state index contributed by atoms with van der Waals surface area (Å²) in [5.74, 6) is 1.44. The number of aromatic nitrogens is 2. The van der Waals surface area contributed by atoms with Crippen LogP contribution < -0.4 is 0 Å². The van der Waals surface area contributed by atoms with Gasteiger partial charge < -0.3 is 5.11 Å². The molecule has 0 unspecified atom stereocenters. The smallest absolute Gasteiger partial charge is 0.107 e. The first-order chi connectivity index (χ1) is 10.1. The number of hydrogen-bond acceptors (Lipinski definition) is 2. The fraction of sp³-hybridized carbons (Fsp3) is 0.500. The zero-order chi connectivity index (χ0) is 14.9. The van der Waals surface area contributed by atoms with Crippen LogP contribution in [0.2, 0.25) is 0 Å². The lowest BCUT2D eigenvalue weighted by Crippen LogP contribution is -2.34. The van der Waals surface area contributed by atoms with Gasteiger partial charge in [0.15, 0.2) is 0 Å². The van der Waals surface area contributed by atoms with Crippen LogP contribution in [0.1, 0.15) is 45.2 Å². The Morgan fingerprint density at radius 2 is 1.81 bits per heavy atom. The van der Waals surface area contributed by atoms with Crippen molar-refractivity contribution in [2.75, 3.05) is 0 Å². The monoisotopic (exact) mass is 284 g/mol. The number of rotatable bonds is 3. The zero-order valence-electron chi connectivity index (χ0n) is 12.9. The van der Waals surface area contributed by atoms with Crippen molar-refractivity contribution in [3.8, 4) is 5.69 Å². The van der Waals surface area contributed by atoms with Crippen molar-refractivity contribution in [2.24, 2.45) is 11.8 Å². The topological polar surface area (TPSA) is 38.1 Å². The third-order valence-electron chi connectivity index (χ3n) is 4.92. The number of nitrogens with zero attached hydrogens (tertiary/aromatic N) is 2. The van der Waals surface area contributed by atoms with Gasteiger partial charge in [0.1, 0.15) is 5.60 Å². The van der Waals surface area contributed by atoms with E-state index in [4.69, 9.17) is 0 Å². The maximum absolute atomic E-state index is 11.1. The third kappa shape index (κ3) is 2.75. The molecule has 3 heteroatoms. The lowest BCUT2D eigenvalue weighted by Gasteiger charge is -2.37. The summed E-state index contributed by atoms with van der Waals surface area (Å²) in [5.41, 5.74) is 1.20. The van der Waals surface area contributed by atoms with Crippen molar-refractivity contribution >= 4 is 0 Å². The van der Waals surface area contributed by atoms with E-state index in [1.807, 2.05) is 41.1 Å². The van der Waals surface area contributed by atoms with Crippen LogP contribution in [-0.4, -0.2) is 14.9 Å². The van der Waals surface area contributed by atoms with Gasteiger partial charge >= 0.3 is 0 Å². The Bertz CT molecular complexity index is 580. The van der Waals surface area contributed by atoms with Crippen molar-refractivity contribution in [2.45, 2.75) is 45.1 Å². The number of aliphatic hydroxyl groups is 1. The molecule has 3 nitrogen and oxygen atoms in total. The Morgan fingerprint density at radius 3 is 2.43 bits per heavy atom. The van der Waals surface area contributed by atoms with Crippen LogP contribution in [0, 0.1) is 11.8 Å². The van der Waals surface area contributed by atoms with E-state index in [0.29, 0.717) is 5.92 Å². The summed E-state index contributed by atoms with van der Waals surface area (Å²) in [5, 5.41) is 15.5. The highest BCUT2D eigenvalue weighted by molar-refractivity contribution is 5.34. The molecule has 1 saturated carbocycles. The molecule has 1 heterocycles. The molecule has 2 aromatic rings. The molecule has 1 N–H and O–H groups in total. The molecular weight excluding hydrogens is 260 g/mol. The number of benzene rings is 1. The normalized spacial score (nSPS) is 26.2. The predicted molar refractivity (Wildman–Crippen MR) is 84.3 cm³/mol. The Kier molecular flexibility index (Phi) is 3.85. The van der Waals surface area contributed by atoms with Gasteiger partial charge in [0.05, 0.1) is 11.4 Å². The van der Waals surface area contributed by atoms with Crippen molar-refractivity contribution in [1.29, 1.82) is 0 Å². The standard InChI is InChI=1S/C18H24N2O/c1-14(2)15-8-11-18(21,12-9-15)17-10-13-19-20(17)16-6-4-3-5-7-16/h3-7,10,13-15,21H,8-9,11-12H2,1-2H3. The van der Waals surface area contributed by atoms with Gasteiger partial charge in [-0.05, 0) is 55.7 Å². The minimum atomic E-state index is -0.738. The first-order valence-corrected chi connectivity index (χ1v) is 7.92. The molecule has 0 spiro atoms. The molecule has 0 amide bonds. The zero-order valence-corrected chi connectivity index (χ0v) is 12.9. The van der Waals surface area contributed by atoms with E-state index in [1.165, 1.54) is 0 Å². The van der Waals surface area contributed by atoms with Crippen molar-refractivity contribution in [3.63, 3.8) is 0 Å². The molecule has 1 aromatic heterocycles. The second kappa shape index (κ2) is 5.64. The summed E-state index contributed by atoms with van der Waals surface area (Å²) < 4.78 is 1.88. The van der Waals surface area contributed by atoms with Gasteiger partial charge in [-0.1, -0.05) is 32.0 Å². The summed E-state index contributed by atoms with van der Waals surface area (Å²) in [4.78, 5) is 0. The van der Waals surface area contributed by atoms with E-state index >= 15 is 0 Å². The van der Waals surface area contributed by atoms with Gasteiger partial charge in [-0.25, -0.2) is 4.68 Å². The number of para-hydroxylation sites is 1. The van der Waals surface area contributed by atoms with E-state index < -0.39 is 5.60 Å². The Balaban J connectivity index is 1.87. The van der Waals surface area contributed by atoms with Crippen LogP contribution in [0.25, 0.3) is 5.69 Å². The van der Waals surface area contributed by atoms with E-state index in [9.17, 15) is 5.11 Å². The molecule has 0 radical (unpaired) electrons. The molecule has 0 bridgehead atoms. The summed E-state index contributed by atoms with van der Waals surface area (Å²) >= 11 is 0. The van der Waals surface area contributed by atoms with E-state index in [2.05, 4.69) is 18.9 Å². The van der Waals surface area contributed by atoms with E-state index in [1.54, 1.807) is 6.20 Å². The molecule has 3 rings (SSSR count). The highest BCUT2D eigenvalue weighted by Crippen LogP contribution is 2.42. The molecule has 0 saturated heterocycles. The fourth-order valence-corrected chi connectivity index (χ4v) is 3.47. The molecule has 21 heavy (non-hydrogen) atoms. The van der Waals surface area contributed by atoms with Crippen LogP contribution in [-0.2, 0) is 5.60 Å². The average Bonchev–Trinajstić information content (AvgIpc) is 2.99. The first kappa shape index (κ1) is 14.3. The summed E-state index contributed by atoms with van der Waals surface area (Å²) in [6.45, 7) is 4.56. The highest BCUT2D eigenvalue weighted by Gasteiger charge is 2.38. The lowest BCUT2D eigenvalue weighted by atomic mass is 9.73. The maximum atomic E-state index is 11.1. The summed E-state index contributed by atoms with van der Waals surface area (Å²) in [6.07, 6.45) is 5.62. The third-order valence-corrected chi connectivity index (χ3v) is 4.92. The van der Waals surface area contributed by atoms with Crippen molar-refractivity contribution in [3.05, 3.63) is 48.3 Å². The van der Waals surface area contributed by atoms with Gasteiger partial charge in [0, 0.05) is 6.20 Å². The molecule has 0 aliphatic heterocycles. The van der Waals surface area contributed by atoms with Crippen LogP contribution in [0.3, 0.4) is 0 Å². The second-order valence-corrected chi connectivity index (χ2v) is 6.58. The number of hydrogen-bond donors (Lipinski definition) is 1. The van der Waals surface area contributed by atoms with Gasteiger partial charge in [0.25, 0.3) is 0 Å². The van der Waals surface area contributed by atoms with Gasteiger partial charge in [0.2, 0.25) is 0 Å². The lowest BCUT2D eigenvalue weighted by molar-refractivity contribution is -0.0254. The Labute approximate surface area is 126 Å². The molecule has 1 aromatic carbocycles. The van der Waals surface area contributed by atoms with Gasteiger partial charge in [-0.15, -0.1) is 0 Å². The van der Waals surface area contributed by atoms with Crippen LogP contribution in [0.4, 0.5) is 0 Å².